The number of carbonyl (C=O) groups excluding carboxylic acids is 1. The molecule has 1 aliphatic carbocycles. The Kier molecular flexibility index (Phi) is 4.06. The predicted molar refractivity (Wildman–Crippen MR) is 100.0 cm³/mol. The summed E-state index contributed by atoms with van der Waals surface area (Å²) in [5.74, 6) is -1.53. The van der Waals surface area contributed by atoms with E-state index in [1.54, 1.807) is 12.1 Å². The van der Waals surface area contributed by atoms with E-state index in [2.05, 4.69) is 0 Å². The van der Waals surface area contributed by atoms with Crippen molar-refractivity contribution >= 4 is 16.7 Å². The molecule has 5 nitrogen and oxygen atoms in total. The minimum atomic E-state index is -0.986. The Morgan fingerprint density at radius 1 is 1.19 bits per heavy atom. The van der Waals surface area contributed by atoms with Gasteiger partial charge in [0.1, 0.15) is 11.6 Å². The molecule has 0 radical (unpaired) electrons. The minimum absolute atomic E-state index is 0.0823. The fourth-order valence-corrected chi connectivity index (χ4v) is 4.51. The number of nitrogens with zero attached hydrogens (tertiary/aromatic N) is 2. The number of carbonyl (C=O) groups is 1. The summed E-state index contributed by atoms with van der Waals surface area (Å²) in [6.07, 6.45) is 2.03. The minimum Gasteiger partial charge on any atom is -0.350 e. The second-order valence-corrected chi connectivity index (χ2v) is 7.25. The summed E-state index contributed by atoms with van der Waals surface area (Å²) in [7, 11) is 1.91. The van der Waals surface area contributed by atoms with Gasteiger partial charge in [0.2, 0.25) is 6.04 Å². The van der Waals surface area contributed by atoms with E-state index in [0.717, 1.165) is 22.0 Å². The standard InChI is InChI=1S/C21H19FN2O3/c1-12(25)10-16-15-4-3-5-18-20(15)17(11-23(18)2)19(21(16)24(26)27)13-6-8-14(22)9-7-13/h3-9,11,16,19,21H,10H2,1-2H3/t16-,19+,21+/m0/s1. The first-order valence-corrected chi connectivity index (χ1v) is 8.84. The molecule has 6 heteroatoms. The van der Waals surface area contributed by atoms with Gasteiger partial charge in [0, 0.05) is 35.5 Å². The molecule has 0 unspecified atom stereocenters. The molecule has 27 heavy (non-hydrogen) atoms. The van der Waals surface area contributed by atoms with Crippen LogP contribution in [0.3, 0.4) is 0 Å². The van der Waals surface area contributed by atoms with Crippen LogP contribution in [0.25, 0.3) is 10.9 Å². The van der Waals surface area contributed by atoms with Crippen LogP contribution in [0.1, 0.15) is 41.9 Å². The highest BCUT2D eigenvalue weighted by Crippen LogP contribution is 2.48. The third-order valence-electron chi connectivity index (χ3n) is 5.54. The quantitative estimate of drug-likeness (QED) is 0.514. The number of hydrogen-bond acceptors (Lipinski definition) is 3. The van der Waals surface area contributed by atoms with Crippen LogP contribution in [0.15, 0.2) is 48.7 Å². The smallest absolute Gasteiger partial charge is 0.231 e. The number of rotatable bonds is 4. The number of aromatic nitrogens is 1. The maximum absolute atomic E-state index is 13.4. The van der Waals surface area contributed by atoms with Gasteiger partial charge in [0.15, 0.2) is 0 Å². The molecule has 2 aromatic carbocycles. The van der Waals surface area contributed by atoms with Gasteiger partial charge in [0.25, 0.3) is 0 Å². The molecule has 0 saturated carbocycles. The van der Waals surface area contributed by atoms with Crippen molar-refractivity contribution in [1.82, 2.24) is 4.57 Å². The van der Waals surface area contributed by atoms with Gasteiger partial charge in [-0.3, -0.25) is 10.1 Å². The summed E-state index contributed by atoms with van der Waals surface area (Å²) in [6.45, 7) is 1.46. The van der Waals surface area contributed by atoms with Crippen molar-refractivity contribution in [3.8, 4) is 0 Å². The highest BCUT2D eigenvalue weighted by Gasteiger charge is 2.47. The van der Waals surface area contributed by atoms with Crippen molar-refractivity contribution in [2.24, 2.45) is 7.05 Å². The lowest BCUT2D eigenvalue weighted by Crippen LogP contribution is -2.38. The highest BCUT2D eigenvalue weighted by molar-refractivity contribution is 5.91. The molecule has 3 atom stereocenters. The normalized spacial score (nSPS) is 21.4. The highest BCUT2D eigenvalue weighted by atomic mass is 19.1. The Hall–Kier alpha value is -3.02. The molecule has 1 aliphatic rings. The number of ketones is 1. The van der Waals surface area contributed by atoms with Gasteiger partial charge in [-0.05, 0) is 41.8 Å². The van der Waals surface area contributed by atoms with Gasteiger partial charge in [-0.25, -0.2) is 4.39 Å². The Morgan fingerprint density at radius 3 is 2.52 bits per heavy atom. The van der Waals surface area contributed by atoms with Gasteiger partial charge < -0.3 is 9.36 Å². The molecule has 0 saturated heterocycles. The zero-order chi connectivity index (χ0) is 19.3. The molecular formula is C21H19FN2O3. The fourth-order valence-electron chi connectivity index (χ4n) is 4.51. The van der Waals surface area contributed by atoms with Crippen LogP contribution in [0.5, 0.6) is 0 Å². The zero-order valence-electron chi connectivity index (χ0n) is 15.1. The van der Waals surface area contributed by atoms with Crippen molar-refractivity contribution in [3.63, 3.8) is 0 Å². The van der Waals surface area contributed by atoms with Crippen LogP contribution in [0.2, 0.25) is 0 Å². The molecule has 138 valence electrons. The van der Waals surface area contributed by atoms with Crippen molar-refractivity contribution < 1.29 is 14.1 Å². The number of Topliss-reactive ketones (excluding diaryl/α,β-unsaturated/α-hetero) is 1. The average molecular weight is 366 g/mol. The molecule has 1 aromatic heterocycles. The summed E-state index contributed by atoms with van der Waals surface area (Å²) in [5, 5.41) is 13.1. The van der Waals surface area contributed by atoms with Crippen LogP contribution < -0.4 is 0 Å². The molecule has 0 amide bonds. The van der Waals surface area contributed by atoms with Crippen LogP contribution in [0.4, 0.5) is 4.39 Å². The number of aryl methyl sites for hydroxylation is 1. The molecular weight excluding hydrogens is 347 g/mol. The summed E-state index contributed by atoms with van der Waals surface area (Å²) in [5.41, 5.74) is 3.37. The van der Waals surface area contributed by atoms with Gasteiger partial charge in [0.05, 0.1) is 11.8 Å². The first-order chi connectivity index (χ1) is 12.9. The Morgan fingerprint density at radius 2 is 1.89 bits per heavy atom. The molecule has 0 spiro atoms. The summed E-state index contributed by atoms with van der Waals surface area (Å²) in [4.78, 5) is 23.8. The third-order valence-corrected chi connectivity index (χ3v) is 5.54. The van der Waals surface area contributed by atoms with E-state index in [-0.39, 0.29) is 22.9 Å². The van der Waals surface area contributed by atoms with E-state index >= 15 is 0 Å². The van der Waals surface area contributed by atoms with Gasteiger partial charge in [-0.15, -0.1) is 0 Å². The molecule has 0 N–H and O–H groups in total. The van der Waals surface area contributed by atoms with Crippen LogP contribution >= 0.6 is 0 Å². The van der Waals surface area contributed by atoms with Crippen LogP contribution in [-0.4, -0.2) is 21.3 Å². The first-order valence-electron chi connectivity index (χ1n) is 8.84. The number of hydrogen-bond donors (Lipinski definition) is 0. The monoisotopic (exact) mass is 366 g/mol. The topological polar surface area (TPSA) is 65.1 Å². The SMILES string of the molecule is CC(=O)C[C@H]1c2cccc3c2c(cn3C)[C@@H](c2ccc(F)cc2)[C@@H]1[N+](=O)[O-]. The zero-order valence-corrected chi connectivity index (χ0v) is 15.1. The Labute approximate surface area is 155 Å². The van der Waals surface area contributed by atoms with Crippen molar-refractivity contribution in [1.29, 1.82) is 0 Å². The number of halogens is 1. The number of nitro groups is 1. The van der Waals surface area contributed by atoms with Gasteiger partial charge in [-0.1, -0.05) is 24.3 Å². The van der Waals surface area contributed by atoms with E-state index in [1.165, 1.54) is 19.1 Å². The largest absolute Gasteiger partial charge is 0.350 e. The van der Waals surface area contributed by atoms with Gasteiger partial charge in [-0.2, -0.15) is 0 Å². The summed E-state index contributed by atoms with van der Waals surface area (Å²) < 4.78 is 15.4. The summed E-state index contributed by atoms with van der Waals surface area (Å²) >= 11 is 0. The Bertz CT molecular complexity index is 1060. The lowest BCUT2D eigenvalue weighted by Gasteiger charge is -2.32. The van der Waals surface area contributed by atoms with E-state index < -0.39 is 17.9 Å². The molecule has 0 aliphatic heterocycles. The van der Waals surface area contributed by atoms with Gasteiger partial charge >= 0.3 is 0 Å². The van der Waals surface area contributed by atoms with Crippen molar-refractivity contribution in [3.05, 3.63) is 81.3 Å². The lowest BCUT2D eigenvalue weighted by molar-refractivity contribution is -0.529. The maximum Gasteiger partial charge on any atom is 0.231 e. The second-order valence-electron chi connectivity index (χ2n) is 7.25. The third kappa shape index (κ3) is 2.72. The van der Waals surface area contributed by atoms with E-state index in [9.17, 15) is 19.3 Å². The maximum atomic E-state index is 13.4. The molecule has 0 fully saturated rings. The lowest BCUT2D eigenvalue weighted by atomic mass is 9.70. The van der Waals surface area contributed by atoms with E-state index in [0.29, 0.717) is 5.56 Å². The molecule has 1 heterocycles. The molecule has 3 aromatic rings. The van der Waals surface area contributed by atoms with Crippen LogP contribution in [-0.2, 0) is 11.8 Å². The second kappa shape index (κ2) is 6.30. The first kappa shape index (κ1) is 17.4. The van der Waals surface area contributed by atoms with Crippen molar-refractivity contribution in [2.45, 2.75) is 31.2 Å². The van der Waals surface area contributed by atoms with Crippen molar-refractivity contribution in [2.75, 3.05) is 0 Å². The Balaban J connectivity index is 2.03. The summed E-state index contributed by atoms with van der Waals surface area (Å²) in [6, 6.07) is 10.6. The average Bonchev–Trinajstić information content (AvgIpc) is 2.95. The van der Waals surface area contributed by atoms with Crippen LogP contribution in [0, 0.1) is 15.9 Å². The van der Waals surface area contributed by atoms with E-state index in [1.807, 2.05) is 36.0 Å². The predicted octanol–water partition coefficient (Wildman–Crippen LogP) is 4.17. The molecule has 4 rings (SSSR count). The number of benzene rings is 2. The van der Waals surface area contributed by atoms with E-state index in [4.69, 9.17) is 0 Å². The fraction of sp³-hybridized carbons (Fsp3) is 0.286. The molecule has 0 bridgehead atoms.